The molecule has 4 heteroatoms. The van der Waals surface area contributed by atoms with E-state index in [0.29, 0.717) is 19.5 Å². The molecule has 0 spiro atoms. The molecular weight excluding hydrogens is 182 g/mol. The number of hydrogen-bond acceptors (Lipinski definition) is 3. The van der Waals surface area contributed by atoms with Gasteiger partial charge in [-0.15, -0.1) is 0 Å². The van der Waals surface area contributed by atoms with Crippen molar-refractivity contribution in [2.75, 3.05) is 20.2 Å². The average molecular weight is 201 g/mol. The van der Waals surface area contributed by atoms with Crippen molar-refractivity contribution in [1.82, 2.24) is 4.90 Å². The predicted molar refractivity (Wildman–Crippen MR) is 53.8 cm³/mol. The molecule has 0 N–H and O–H groups in total. The van der Waals surface area contributed by atoms with E-state index in [0.717, 1.165) is 6.42 Å². The Morgan fingerprint density at radius 2 is 1.86 bits per heavy atom. The first-order valence-electron chi connectivity index (χ1n) is 5.00. The van der Waals surface area contributed by atoms with Crippen LogP contribution in [0.2, 0.25) is 0 Å². The van der Waals surface area contributed by atoms with Gasteiger partial charge in [0.05, 0.1) is 13.5 Å². The Kier molecular flexibility index (Phi) is 6.80. The summed E-state index contributed by atoms with van der Waals surface area (Å²) in [6, 6.07) is 0. The van der Waals surface area contributed by atoms with Crippen LogP contribution in [0.1, 0.15) is 33.1 Å². The van der Waals surface area contributed by atoms with Crippen LogP contribution < -0.4 is 0 Å². The SMILES string of the molecule is CCCC(=O)N(CC)CCC(=O)OC. The molecule has 0 saturated heterocycles. The molecule has 0 bridgehead atoms. The topological polar surface area (TPSA) is 46.6 Å². The number of ether oxygens (including phenoxy) is 1. The van der Waals surface area contributed by atoms with Crippen LogP contribution in [0.4, 0.5) is 0 Å². The lowest BCUT2D eigenvalue weighted by atomic mass is 10.3. The Labute approximate surface area is 85.2 Å². The van der Waals surface area contributed by atoms with Crippen LogP contribution in [0.3, 0.4) is 0 Å². The van der Waals surface area contributed by atoms with Crippen molar-refractivity contribution in [2.24, 2.45) is 0 Å². The van der Waals surface area contributed by atoms with E-state index in [2.05, 4.69) is 4.74 Å². The van der Waals surface area contributed by atoms with Crippen molar-refractivity contribution in [2.45, 2.75) is 33.1 Å². The maximum atomic E-state index is 11.4. The normalized spacial score (nSPS) is 9.64. The first-order valence-corrected chi connectivity index (χ1v) is 5.00. The van der Waals surface area contributed by atoms with Gasteiger partial charge in [0, 0.05) is 19.5 Å². The summed E-state index contributed by atoms with van der Waals surface area (Å²) >= 11 is 0. The molecule has 4 nitrogen and oxygen atoms in total. The molecule has 0 aliphatic carbocycles. The van der Waals surface area contributed by atoms with E-state index in [1.807, 2.05) is 13.8 Å². The zero-order valence-electron chi connectivity index (χ0n) is 9.21. The van der Waals surface area contributed by atoms with Gasteiger partial charge in [-0.2, -0.15) is 0 Å². The molecule has 0 heterocycles. The lowest BCUT2D eigenvalue weighted by molar-refractivity contribution is -0.141. The molecule has 0 fully saturated rings. The van der Waals surface area contributed by atoms with Gasteiger partial charge in [-0.25, -0.2) is 0 Å². The second-order valence-corrected chi connectivity index (χ2v) is 3.05. The Morgan fingerprint density at radius 1 is 1.21 bits per heavy atom. The lowest BCUT2D eigenvalue weighted by Gasteiger charge is -2.19. The first kappa shape index (κ1) is 12.9. The average Bonchev–Trinajstić information content (AvgIpc) is 2.18. The third-order valence-electron chi connectivity index (χ3n) is 2.01. The van der Waals surface area contributed by atoms with Crippen LogP contribution >= 0.6 is 0 Å². The van der Waals surface area contributed by atoms with E-state index in [9.17, 15) is 9.59 Å². The van der Waals surface area contributed by atoms with Gasteiger partial charge in [-0.1, -0.05) is 6.92 Å². The highest BCUT2D eigenvalue weighted by Crippen LogP contribution is 1.99. The van der Waals surface area contributed by atoms with Gasteiger partial charge in [0.1, 0.15) is 0 Å². The van der Waals surface area contributed by atoms with Gasteiger partial charge in [-0.05, 0) is 13.3 Å². The summed E-state index contributed by atoms with van der Waals surface area (Å²) in [7, 11) is 1.35. The smallest absolute Gasteiger partial charge is 0.307 e. The van der Waals surface area contributed by atoms with Crippen LogP contribution in [0, 0.1) is 0 Å². The quantitative estimate of drug-likeness (QED) is 0.607. The Bertz CT molecular complexity index is 192. The van der Waals surface area contributed by atoms with Crippen molar-refractivity contribution in [3.63, 3.8) is 0 Å². The maximum Gasteiger partial charge on any atom is 0.307 e. The molecule has 0 rings (SSSR count). The summed E-state index contributed by atoms with van der Waals surface area (Å²) in [6.45, 7) is 4.98. The highest BCUT2D eigenvalue weighted by atomic mass is 16.5. The molecule has 1 amide bonds. The standard InChI is InChI=1S/C10H19NO3/c1-4-6-9(12)11(5-2)8-7-10(13)14-3/h4-8H2,1-3H3. The molecule has 0 aromatic heterocycles. The summed E-state index contributed by atoms with van der Waals surface area (Å²) in [5.74, 6) is -0.161. The van der Waals surface area contributed by atoms with E-state index < -0.39 is 0 Å². The number of esters is 1. The van der Waals surface area contributed by atoms with Crippen molar-refractivity contribution in [3.8, 4) is 0 Å². The summed E-state index contributed by atoms with van der Waals surface area (Å²) in [5.41, 5.74) is 0. The van der Waals surface area contributed by atoms with Crippen LogP contribution in [0.25, 0.3) is 0 Å². The number of nitrogens with zero attached hydrogens (tertiary/aromatic N) is 1. The molecule has 82 valence electrons. The lowest BCUT2D eigenvalue weighted by Crippen LogP contribution is -2.32. The van der Waals surface area contributed by atoms with Crippen LogP contribution in [-0.4, -0.2) is 37.0 Å². The fourth-order valence-corrected chi connectivity index (χ4v) is 1.16. The number of carbonyl (C=O) groups excluding carboxylic acids is 2. The summed E-state index contributed by atoms with van der Waals surface area (Å²) in [6.07, 6.45) is 1.67. The predicted octanol–water partition coefficient (Wildman–Crippen LogP) is 1.20. The molecule has 0 unspecified atom stereocenters. The van der Waals surface area contributed by atoms with Crippen molar-refractivity contribution in [3.05, 3.63) is 0 Å². The molecule has 0 radical (unpaired) electrons. The van der Waals surface area contributed by atoms with Crippen LogP contribution in [0.15, 0.2) is 0 Å². The third kappa shape index (κ3) is 4.84. The van der Waals surface area contributed by atoms with E-state index in [1.165, 1.54) is 7.11 Å². The van der Waals surface area contributed by atoms with Crippen LogP contribution in [-0.2, 0) is 14.3 Å². The van der Waals surface area contributed by atoms with E-state index in [1.54, 1.807) is 4.90 Å². The molecular formula is C10H19NO3. The van der Waals surface area contributed by atoms with Gasteiger partial charge < -0.3 is 9.64 Å². The maximum absolute atomic E-state index is 11.4. The van der Waals surface area contributed by atoms with Gasteiger partial charge in [0.25, 0.3) is 0 Å². The third-order valence-corrected chi connectivity index (χ3v) is 2.01. The highest BCUT2D eigenvalue weighted by Gasteiger charge is 2.11. The summed E-state index contributed by atoms with van der Waals surface area (Å²) < 4.78 is 4.51. The number of amides is 1. The van der Waals surface area contributed by atoms with E-state index >= 15 is 0 Å². The Morgan fingerprint density at radius 3 is 2.29 bits per heavy atom. The summed E-state index contributed by atoms with van der Waals surface area (Å²) in [5, 5.41) is 0. The van der Waals surface area contributed by atoms with Crippen LogP contribution in [0.5, 0.6) is 0 Å². The van der Waals surface area contributed by atoms with E-state index in [-0.39, 0.29) is 18.3 Å². The highest BCUT2D eigenvalue weighted by molar-refractivity contribution is 5.77. The molecule has 0 aliphatic rings. The molecule has 0 saturated carbocycles. The molecule has 0 aromatic rings. The van der Waals surface area contributed by atoms with Gasteiger partial charge in [0.15, 0.2) is 0 Å². The molecule has 0 atom stereocenters. The minimum atomic E-state index is -0.271. The summed E-state index contributed by atoms with van der Waals surface area (Å²) in [4.78, 5) is 24.0. The zero-order valence-corrected chi connectivity index (χ0v) is 9.21. The minimum absolute atomic E-state index is 0.110. The fraction of sp³-hybridized carbons (Fsp3) is 0.800. The monoisotopic (exact) mass is 201 g/mol. The Balaban J connectivity index is 3.90. The molecule has 0 aromatic carbocycles. The van der Waals surface area contributed by atoms with Gasteiger partial charge in [-0.3, -0.25) is 9.59 Å². The van der Waals surface area contributed by atoms with Gasteiger partial charge in [0.2, 0.25) is 5.91 Å². The first-order chi connectivity index (χ1) is 6.65. The van der Waals surface area contributed by atoms with Gasteiger partial charge >= 0.3 is 5.97 Å². The second kappa shape index (κ2) is 7.35. The molecule has 0 aliphatic heterocycles. The number of rotatable bonds is 6. The van der Waals surface area contributed by atoms with Crippen molar-refractivity contribution < 1.29 is 14.3 Å². The van der Waals surface area contributed by atoms with E-state index in [4.69, 9.17) is 0 Å². The number of hydrogen-bond donors (Lipinski definition) is 0. The van der Waals surface area contributed by atoms with Crippen molar-refractivity contribution in [1.29, 1.82) is 0 Å². The minimum Gasteiger partial charge on any atom is -0.469 e. The number of methoxy groups -OCH3 is 1. The largest absolute Gasteiger partial charge is 0.469 e. The fourth-order valence-electron chi connectivity index (χ4n) is 1.16. The number of carbonyl (C=O) groups is 2. The second-order valence-electron chi connectivity index (χ2n) is 3.05. The van der Waals surface area contributed by atoms with Crippen molar-refractivity contribution >= 4 is 11.9 Å². The Hall–Kier alpha value is -1.06. The zero-order chi connectivity index (χ0) is 11.0. The molecule has 14 heavy (non-hydrogen) atoms.